The Morgan fingerprint density at radius 1 is 1.27 bits per heavy atom. The smallest absolute Gasteiger partial charge is 0.417 e. The summed E-state index contributed by atoms with van der Waals surface area (Å²) >= 11 is 0. The average Bonchev–Trinajstić information content (AvgIpc) is 3.18. The number of aliphatic hydroxyl groups excluding tert-OH is 1. The molecule has 33 heavy (non-hydrogen) atoms. The molecule has 0 fully saturated rings. The number of hydrogen-bond acceptors (Lipinski definition) is 8. The van der Waals surface area contributed by atoms with E-state index in [0.717, 1.165) is 6.07 Å². The number of amides is 1. The van der Waals surface area contributed by atoms with Gasteiger partial charge in [0.2, 0.25) is 11.8 Å². The fraction of sp³-hybridized carbons (Fsp3) is 0.500. The number of ether oxygens (including phenoxy) is 1. The summed E-state index contributed by atoms with van der Waals surface area (Å²) in [7, 11) is 0. The van der Waals surface area contributed by atoms with Gasteiger partial charge in [0.1, 0.15) is 29.0 Å². The monoisotopic (exact) mass is 487 g/mol. The second kappa shape index (κ2) is 7.98. The van der Waals surface area contributed by atoms with Crippen LogP contribution in [-0.2, 0) is 16.8 Å². The summed E-state index contributed by atoms with van der Waals surface area (Å²) in [5.41, 5.74) is 9.16. The molecule has 0 radical (unpaired) electrons. The summed E-state index contributed by atoms with van der Waals surface area (Å²) in [6.07, 6.45) is -9.37. The van der Waals surface area contributed by atoms with Crippen LogP contribution in [0.25, 0.3) is 11.5 Å². The van der Waals surface area contributed by atoms with E-state index in [1.54, 1.807) is 0 Å². The quantitative estimate of drug-likeness (QED) is 0.339. The lowest BCUT2D eigenvalue weighted by atomic mass is 9.83. The van der Waals surface area contributed by atoms with E-state index in [9.17, 15) is 40.6 Å². The molecular formula is C16H16F7N7O3. The van der Waals surface area contributed by atoms with Crippen LogP contribution in [0.3, 0.4) is 0 Å². The van der Waals surface area contributed by atoms with Crippen molar-refractivity contribution in [2.24, 2.45) is 5.73 Å². The molecule has 0 saturated carbocycles. The summed E-state index contributed by atoms with van der Waals surface area (Å²) in [5, 5.41) is 15.8. The van der Waals surface area contributed by atoms with Crippen molar-refractivity contribution < 1.29 is 45.4 Å². The number of nitrogens with two attached hydrogens (primary N) is 2. The first kappa shape index (κ1) is 24.4. The molecule has 3 rings (SSSR count). The van der Waals surface area contributed by atoms with Crippen LogP contribution in [0.4, 0.5) is 42.4 Å². The van der Waals surface area contributed by atoms with Gasteiger partial charge in [0.25, 0.3) is 0 Å². The van der Waals surface area contributed by atoms with E-state index in [0.29, 0.717) is 4.68 Å². The third-order valence-corrected chi connectivity index (χ3v) is 4.99. The van der Waals surface area contributed by atoms with Gasteiger partial charge in [-0.1, -0.05) is 0 Å². The molecule has 1 aliphatic rings. The molecule has 17 heteroatoms. The van der Waals surface area contributed by atoms with Crippen LogP contribution >= 0.6 is 0 Å². The number of alkyl halides is 7. The van der Waals surface area contributed by atoms with Gasteiger partial charge in [-0.2, -0.15) is 35.8 Å². The molecule has 3 heterocycles. The van der Waals surface area contributed by atoms with Crippen molar-refractivity contribution in [3.05, 3.63) is 11.6 Å². The number of nitrogens with one attached hydrogen (secondary N) is 1. The molecule has 2 aromatic heterocycles. The Balaban J connectivity index is 2.00. The van der Waals surface area contributed by atoms with Gasteiger partial charge in [0.05, 0.1) is 12.1 Å². The molecule has 10 nitrogen and oxygen atoms in total. The molecule has 1 amide bonds. The summed E-state index contributed by atoms with van der Waals surface area (Å²) < 4.78 is 93.6. The predicted octanol–water partition coefficient (Wildman–Crippen LogP) is 1.60. The summed E-state index contributed by atoms with van der Waals surface area (Å²) in [6.45, 7) is -3.33. The third-order valence-electron chi connectivity index (χ3n) is 4.99. The minimum atomic E-state index is -5.86. The van der Waals surface area contributed by atoms with Crippen LogP contribution < -0.4 is 21.5 Å². The van der Waals surface area contributed by atoms with Crippen molar-refractivity contribution in [3.63, 3.8) is 0 Å². The fourth-order valence-corrected chi connectivity index (χ4v) is 3.07. The number of carbonyl (C=O) groups is 1. The number of nitrogens with zero attached hydrogens (tertiary/aromatic N) is 4. The van der Waals surface area contributed by atoms with Crippen LogP contribution in [0, 0.1) is 0 Å². The number of aromatic nitrogens is 4. The second-order valence-electron chi connectivity index (χ2n) is 7.18. The highest BCUT2D eigenvalue weighted by atomic mass is 19.4. The molecule has 1 aliphatic heterocycles. The zero-order chi connectivity index (χ0) is 24.9. The fourth-order valence-electron chi connectivity index (χ4n) is 3.07. The number of hydrogen-bond donors (Lipinski definition) is 4. The summed E-state index contributed by atoms with van der Waals surface area (Å²) in [4.78, 5) is 20.1. The number of aryl methyl sites for hydroxylation is 1. The maximum Gasteiger partial charge on any atom is 0.453 e. The highest BCUT2D eigenvalue weighted by Gasteiger charge is 2.57. The molecule has 0 bridgehead atoms. The van der Waals surface area contributed by atoms with Crippen molar-refractivity contribution in [1.29, 1.82) is 0 Å². The van der Waals surface area contributed by atoms with Gasteiger partial charge in [-0.3, -0.25) is 4.79 Å². The Morgan fingerprint density at radius 2 is 1.91 bits per heavy atom. The minimum Gasteiger partial charge on any atom is -0.417 e. The first-order valence-corrected chi connectivity index (χ1v) is 8.98. The SMILES string of the molecule is CC1(C(N)O)C(=O)Nc2nc(-c3cc(OC(F)F)n(CCC(F)(F)C(F)(F)F)n3)nc(N)c21. The zero-order valence-electron chi connectivity index (χ0n) is 16.5. The first-order chi connectivity index (χ1) is 15.1. The van der Waals surface area contributed by atoms with E-state index in [1.807, 2.05) is 0 Å². The van der Waals surface area contributed by atoms with Crippen LogP contribution in [0.2, 0.25) is 0 Å². The van der Waals surface area contributed by atoms with Gasteiger partial charge in [0.15, 0.2) is 5.82 Å². The highest BCUT2D eigenvalue weighted by molar-refractivity contribution is 6.07. The lowest BCUT2D eigenvalue weighted by molar-refractivity contribution is -0.285. The van der Waals surface area contributed by atoms with Crippen LogP contribution in [0.1, 0.15) is 18.9 Å². The third kappa shape index (κ3) is 4.24. The number of anilines is 2. The maximum absolute atomic E-state index is 13.3. The number of halogens is 7. The molecule has 6 N–H and O–H groups in total. The molecule has 2 unspecified atom stereocenters. The molecule has 2 aromatic rings. The largest absolute Gasteiger partial charge is 0.453 e. The lowest BCUT2D eigenvalue weighted by Crippen LogP contribution is -2.48. The number of carbonyl (C=O) groups excluding carboxylic acids is 1. The molecule has 0 aromatic carbocycles. The van der Waals surface area contributed by atoms with E-state index in [4.69, 9.17) is 11.5 Å². The first-order valence-electron chi connectivity index (χ1n) is 8.98. The van der Waals surface area contributed by atoms with E-state index in [1.165, 1.54) is 6.92 Å². The van der Waals surface area contributed by atoms with Crippen molar-refractivity contribution in [3.8, 4) is 17.4 Å². The highest BCUT2D eigenvalue weighted by Crippen LogP contribution is 2.42. The Kier molecular flexibility index (Phi) is 5.91. The molecule has 182 valence electrons. The average molecular weight is 487 g/mol. The van der Waals surface area contributed by atoms with Crippen LogP contribution in [0.5, 0.6) is 5.88 Å². The maximum atomic E-state index is 13.3. The van der Waals surface area contributed by atoms with Gasteiger partial charge in [-0.05, 0) is 6.92 Å². The van der Waals surface area contributed by atoms with Crippen molar-refractivity contribution in [2.75, 3.05) is 11.1 Å². The predicted molar refractivity (Wildman–Crippen MR) is 96.1 cm³/mol. The molecule has 2 atom stereocenters. The van der Waals surface area contributed by atoms with Gasteiger partial charge in [0, 0.05) is 12.5 Å². The Bertz CT molecular complexity index is 1070. The normalized spacial score (nSPS) is 19.5. The van der Waals surface area contributed by atoms with Crippen LogP contribution in [-0.4, -0.2) is 55.7 Å². The zero-order valence-corrected chi connectivity index (χ0v) is 16.5. The molecule has 0 aliphatic carbocycles. The lowest BCUT2D eigenvalue weighted by Gasteiger charge is -2.25. The number of fused-ring (bicyclic) bond motifs is 1. The number of aliphatic hydroxyl groups is 1. The topological polar surface area (TPSA) is 154 Å². The van der Waals surface area contributed by atoms with Gasteiger partial charge in [-0.15, -0.1) is 0 Å². The molecule has 0 saturated heterocycles. The second-order valence-corrected chi connectivity index (χ2v) is 7.18. The molecule has 0 spiro atoms. The van der Waals surface area contributed by atoms with E-state index < -0.39 is 60.9 Å². The van der Waals surface area contributed by atoms with Crippen molar-refractivity contribution >= 4 is 17.5 Å². The van der Waals surface area contributed by atoms with Gasteiger partial charge >= 0.3 is 18.7 Å². The van der Waals surface area contributed by atoms with Crippen molar-refractivity contribution in [1.82, 2.24) is 19.7 Å². The number of rotatable bonds is 7. The van der Waals surface area contributed by atoms with E-state index in [2.05, 4.69) is 25.1 Å². The van der Waals surface area contributed by atoms with E-state index in [-0.39, 0.29) is 22.9 Å². The molecular weight excluding hydrogens is 471 g/mol. The summed E-state index contributed by atoms with van der Waals surface area (Å²) in [5.74, 6) is -7.67. The number of nitrogen functional groups attached to an aromatic ring is 1. The van der Waals surface area contributed by atoms with Gasteiger partial charge < -0.3 is 26.6 Å². The summed E-state index contributed by atoms with van der Waals surface area (Å²) in [6, 6.07) is 0.771. The Labute approximate surface area is 179 Å². The minimum absolute atomic E-state index is 0.0560. The Morgan fingerprint density at radius 3 is 2.45 bits per heavy atom. The van der Waals surface area contributed by atoms with E-state index >= 15 is 0 Å². The Hall–Kier alpha value is -3.21. The van der Waals surface area contributed by atoms with Crippen LogP contribution in [0.15, 0.2) is 6.07 Å². The standard InChI is InChI=1S/C16H16F7N7O3/c1-14(11(25)31)7-8(24)26-9(27-10(7)28-12(14)32)5-4-6(33-13(17)18)30(29-5)3-2-15(19,20)16(21,22)23/h4,11,13,31H,2-3,25H2,1H3,(H3,24,26,27,28,32). The van der Waals surface area contributed by atoms with Crippen molar-refractivity contribution in [2.45, 2.75) is 50.2 Å². The van der Waals surface area contributed by atoms with Gasteiger partial charge in [-0.25, -0.2) is 14.6 Å².